The molecule has 0 saturated heterocycles. The average molecular weight is 256 g/mol. The van der Waals surface area contributed by atoms with Crippen LogP contribution in [0.4, 0.5) is 4.39 Å². The standard InChI is InChI=1S/C14H19ClFN/c1-13(2)12(14(13,3)4)17-8-9-5-6-10(16)7-11(9)15/h5-7,12,17H,8H2,1-4H3. The Labute approximate surface area is 107 Å². The Kier molecular flexibility index (Phi) is 2.99. The highest BCUT2D eigenvalue weighted by Crippen LogP contribution is 2.62. The van der Waals surface area contributed by atoms with Crippen molar-refractivity contribution in [2.24, 2.45) is 10.8 Å². The van der Waals surface area contributed by atoms with Crippen LogP contribution in [0, 0.1) is 16.6 Å². The Hall–Kier alpha value is -0.600. The third kappa shape index (κ3) is 2.09. The molecule has 0 heterocycles. The van der Waals surface area contributed by atoms with Gasteiger partial charge >= 0.3 is 0 Å². The quantitative estimate of drug-likeness (QED) is 0.861. The van der Waals surface area contributed by atoms with Crippen molar-refractivity contribution in [3.63, 3.8) is 0 Å². The highest BCUT2D eigenvalue weighted by Gasteiger charge is 2.64. The van der Waals surface area contributed by atoms with Gasteiger partial charge < -0.3 is 5.32 Å². The molecule has 1 N–H and O–H groups in total. The molecule has 1 saturated carbocycles. The summed E-state index contributed by atoms with van der Waals surface area (Å²) in [6, 6.07) is 5.04. The van der Waals surface area contributed by atoms with E-state index in [4.69, 9.17) is 11.6 Å². The maximum absolute atomic E-state index is 12.9. The molecule has 94 valence electrons. The largest absolute Gasteiger partial charge is 0.309 e. The van der Waals surface area contributed by atoms with Crippen LogP contribution in [-0.2, 0) is 6.54 Å². The Morgan fingerprint density at radius 2 is 1.82 bits per heavy atom. The first kappa shape index (κ1) is 12.8. The molecule has 1 aliphatic rings. The van der Waals surface area contributed by atoms with Gasteiger partial charge in [0, 0.05) is 17.6 Å². The molecule has 0 aliphatic heterocycles. The predicted molar refractivity (Wildman–Crippen MR) is 69.6 cm³/mol. The highest BCUT2D eigenvalue weighted by molar-refractivity contribution is 6.31. The fourth-order valence-electron chi connectivity index (χ4n) is 2.58. The van der Waals surface area contributed by atoms with Gasteiger partial charge in [0.2, 0.25) is 0 Å². The first-order chi connectivity index (χ1) is 7.76. The van der Waals surface area contributed by atoms with Gasteiger partial charge in [-0.3, -0.25) is 0 Å². The van der Waals surface area contributed by atoms with Crippen LogP contribution >= 0.6 is 11.6 Å². The first-order valence-electron chi connectivity index (χ1n) is 5.94. The topological polar surface area (TPSA) is 12.0 Å². The van der Waals surface area contributed by atoms with Crippen LogP contribution in [0.5, 0.6) is 0 Å². The van der Waals surface area contributed by atoms with Crippen LogP contribution in [0.15, 0.2) is 18.2 Å². The van der Waals surface area contributed by atoms with Crippen molar-refractivity contribution in [2.45, 2.75) is 40.3 Å². The van der Waals surface area contributed by atoms with Gasteiger partial charge in [-0.25, -0.2) is 4.39 Å². The number of halogens is 2. The minimum Gasteiger partial charge on any atom is -0.309 e. The van der Waals surface area contributed by atoms with Crippen molar-refractivity contribution in [3.05, 3.63) is 34.6 Å². The van der Waals surface area contributed by atoms with E-state index in [2.05, 4.69) is 33.0 Å². The number of hydrogen-bond acceptors (Lipinski definition) is 1. The summed E-state index contributed by atoms with van der Waals surface area (Å²) < 4.78 is 12.9. The normalized spacial score (nSPS) is 21.5. The van der Waals surface area contributed by atoms with E-state index >= 15 is 0 Å². The summed E-state index contributed by atoms with van der Waals surface area (Å²) in [6.07, 6.45) is 0. The third-order valence-corrected chi connectivity index (χ3v) is 4.88. The zero-order valence-corrected chi connectivity index (χ0v) is 11.5. The van der Waals surface area contributed by atoms with Gasteiger partial charge in [-0.05, 0) is 28.5 Å². The van der Waals surface area contributed by atoms with Crippen LogP contribution in [0.3, 0.4) is 0 Å². The second-order valence-corrected chi connectivity index (χ2v) is 6.40. The van der Waals surface area contributed by atoms with Gasteiger partial charge in [0.1, 0.15) is 5.82 Å². The van der Waals surface area contributed by atoms with E-state index < -0.39 is 0 Å². The molecule has 1 aromatic carbocycles. The molecule has 0 radical (unpaired) electrons. The monoisotopic (exact) mass is 255 g/mol. The van der Waals surface area contributed by atoms with Gasteiger partial charge in [-0.15, -0.1) is 0 Å². The van der Waals surface area contributed by atoms with Crippen LogP contribution < -0.4 is 5.32 Å². The molecule has 0 unspecified atom stereocenters. The van der Waals surface area contributed by atoms with E-state index in [1.807, 2.05) is 0 Å². The lowest BCUT2D eigenvalue weighted by Gasteiger charge is -2.08. The fraction of sp³-hybridized carbons (Fsp3) is 0.571. The Morgan fingerprint density at radius 3 is 2.29 bits per heavy atom. The molecule has 1 fully saturated rings. The summed E-state index contributed by atoms with van der Waals surface area (Å²) in [5.41, 5.74) is 1.56. The Morgan fingerprint density at radius 1 is 1.24 bits per heavy atom. The lowest BCUT2D eigenvalue weighted by atomic mass is 10.0. The molecule has 1 aliphatic carbocycles. The summed E-state index contributed by atoms with van der Waals surface area (Å²) in [5.74, 6) is -0.286. The molecule has 3 heteroatoms. The van der Waals surface area contributed by atoms with E-state index in [1.165, 1.54) is 12.1 Å². The fourth-order valence-corrected chi connectivity index (χ4v) is 2.82. The lowest BCUT2D eigenvalue weighted by molar-refractivity contribution is 0.457. The van der Waals surface area contributed by atoms with Crippen molar-refractivity contribution < 1.29 is 4.39 Å². The minimum absolute atomic E-state index is 0.286. The molecule has 0 atom stereocenters. The molecule has 0 aromatic heterocycles. The van der Waals surface area contributed by atoms with E-state index in [-0.39, 0.29) is 5.82 Å². The molecular formula is C14H19ClFN. The summed E-state index contributed by atoms with van der Waals surface area (Å²) in [7, 11) is 0. The van der Waals surface area contributed by atoms with E-state index in [0.717, 1.165) is 5.56 Å². The SMILES string of the molecule is CC1(C)C(NCc2ccc(F)cc2Cl)C1(C)C. The van der Waals surface area contributed by atoms with Crippen LogP contribution in [-0.4, -0.2) is 6.04 Å². The van der Waals surface area contributed by atoms with E-state index in [0.29, 0.717) is 28.4 Å². The van der Waals surface area contributed by atoms with E-state index in [1.54, 1.807) is 6.07 Å². The maximum atomic E-state index is 12.9. The van der Waals surface area contributed by atoms with Crippen molar-refractivity contribution in [2.75, 3.05) is 0 Å². The van der Waals surface area contributed by atoms with Crippen LogP contribution in [0.25, 0.3) is 0 Å². The second-order valence-electron chi connectivity index (χ2n) is 5.99. The Bertz CT molecular complexity index is 426. The van der Waals surface area contributed by atoms with Gasteiger partial charge in [0.25, 0.3) is 0 Å². The highest BCUT2D eigenvalue weighted by atomic mass is 35.5. The number of rotatable bonds is 3. The zero-order chi connectivity index (χ0) is 12.8. The number of nitrogens with one attached hydrogen (secondary N) is 1. The molecule has 1 aromatic rings. The lowest BCUT2D eigenvalue weighted by Crippen LogP contribution is -2.21. The molecule has 0 bridgehead atoms. The first-order valence-corrected chi connectivity index (χ1v) is 6.32. The van der Waals surface area contributed by atoms with Gasteiger partial charge in [-0.1, -0.05) is 45.4 Å². The molecule has 17 heavy (non-hydrogen) atoms. The smallest absolute Gasteiger partial charge is 0.124 e. The number of hydrogen-bond donors (Lipinski definition) is 1. The zero-order valence-electron chi connectivity index (χ0n) is 10.8. The summed E-state index contributed by atoms with van der Waals surface area (Å²) in [6.45, 7) is 9.73. The minimum atomic E-state index is -0.286. The van der Waals surface area contributed by atoms with Crippen LogP contribution in [0.1, 0.15) is 33.3 Å². The third-order valence-electron chi connectivity index (χ3n) is 4.53. The van der Waals surface area contributed by atoms with Crippen molar-refractivity contribution in [1.29, 1.82) is 0 Å². The average Bonchev–Trinajstić information content (AvgIpc) is 2.58. The van der Waals surface area contributed by atoms with Crippen molar-refractivity contribution in [3.8, 4) is 0 Å². The van der Waals surface area contributed by atoms with E-state index in [9.17, 15) is 4.39 Å². The Balaban J connectivity index is 2.00. The summed E-state index contributed by atoms with van der Waals surface area (Å²) in [4.78, 5) is 0. The van der Waals surface area contributed by atoms with Gasteiger partial charge in [0.05, 0.1) is 0 Å². The maximum Gasteiger partial charge on any atom is 0.124 e. The van der Waals surface area contributed by atoms with Crippen LogP contribution in [0.2, 0.25) is 5.02 Å². The molecule has 1 nitrogen and oxygen atoms in total. The van der Waals surface area contributed by atoms with Crippen molar-refractivity contribution >= 4 is 11.6 Å². The second kappa shape index (κ2) is 3.96. The van der Waals surface area contributed by atoms with Gasteiger partial charge in [-0.2, -0.15) is 0 Å². The predicted octanol–water partition coefficient (Wildman–Crippen LogP) is 4.00. The van der Waals surface area contributed by atoms with Crippen molar-refractivity contribution in [1.82, 2.24) is 5.32 Å². The molecular weight excluding hydrogens is 237 g/mol. The molecule has 0 amide bonds. The summed E-state index contributed by atoms with van der Waals surface area (Å²) in [5, 5.41) is 4.00. The summed E-state index contributed by atoms with van der Waals surface area (Å²) >= 11 is 6.00. The number of benzene rings is 1. The molecule has 0 spiro atoms. The van der Waals surface area contributed by atoms with Gasteiger partial charge in [0.15, 0.2) is 0 Å². The molecule has 2 rings (SSSR count).